The first kappa shape index (κ1) is 18.8. The summed E-state index contributed by atoms with van der Waals surface area (Å²) in [6, 6.07) is 4.96. The summed E-state index contributed by atoms with van der Waals surface area (Å²) in [4.78, 5) is 11.9. The molecule has 0 aliphatic carbocycles. The van der Waals surface area contributed by atoms with Crippen molar-refractivity contribution in [3.05, 3.63) is 44.8 Å². The van der Waals surface area contributed by atoms with Gasteiger partial charge in [-0.05, 0) is 55.0 Å². The number of para-hydroxylation sites is 1. The van der Waals surface area contributed by atoms with E-state index in [1.165, 1.54) is 18.2 Å². The van der Waals surface area contributed by atoms with Crippen LogP contribution in [0.5, 0.6) is 0 Å². The lowest BCUT2D eigenvalue weighted by Crippen LogP contribution is -2.17. The lowest BCUT2D eigenvalue weighted by atomic mass is 10.1. The first-order valence-electron chi connectivity index (χ1n) is 7.35. The molecule has 1 aromatic heterocycles. The number of hydrogen-bond acceptors (Lipinski definition) is 2. The van der Waals surface area contributed by atoms with Gasteiger partial charge in [0.2, 0.25) is 5.91 Å². The number of alkyl halides is 3. The van der Waals surface area contributed by atoms with E-state index in [-0.39, 0.29) is 12.1 Å². The average Bonchev–Trinajstić information content (AvgIpc) is 2.74. The van der Waals surface area contributed by atoms with Crippen LogP contribution in [0.1, 0.15) is 29.8 Å². The molecule has 0 unspecified atom stereocenters. The zero-order valence-corrected chi connectivity index (χ0v) is 15.4. The van der Waals surface area contributed by atoms with Crippen LogP contribution in [0.25, 0.3) is 0 Å². The Labute approximate surface area is 151 Å². The molecule has 1 N–H and O–H groups in total. The largest absolute Gasteiger partial charge is 0.418 e. The van der Waals surface area contributed by atoms with Crippen LogP contribution in [0.2, 0.25) is 0 Å². The number of benzene rings is 1. The topological polar surface area (TPSA) is 46.9 Å². The van der Waals surface area contributed by atoms with Crippen LogP contribution in [0, 0.1) is 17.4 Å². The summed E-state index contributed by atoms with van der Waals surface area (Å²) in [6.45, 7) is 4.40. The average molecular weight is 451 g/mol. The molecule has 0 saturated carbocycles. The quantitative estimate of drug-likeness (QED) is 0.679. The number of nitrogens with zero attached hydrogens (tertiary/aromatic N) is 2. The minimum absolute atomic E-state index is 0.126. The zero-order chi connectivity index (χ0) is 17.9. The van der Waals surface area contributed by atoms with Gasteiger partial charge in [-0.1, -0.05) is 12.1 Å². The molecule has 0 spiro atoms. The van der Waals surface area contributed by atoms with E-state index in [1.54, 1.807) is 0 Å². The van der Waals surface area contributed by atoms with Gasteiger partial charge in [-0.3, -0.25) is 9.48 Å². The molecule has 2 aromatic rings. The fraction of sp³-hybridized carbons (Fsp3) is 0.375. The van der Waals surface area contributed by atoms with Crippen LogP contribution in [0.15, 0.2) is 24.3 Å². The van der Waals surface area contributed by atoms with Crippen molar-refractivity contribution in [2.45, 2.75) is 39.4 Å². The van der Waals surface area contributed by atoms with Gasteiger partial charge in [0.15, 0.2) is 0 Å². The summed E-state index contributed by atoms with van der Waals surface area (Å²) in [5.41, 5.74) is 0.898. The van der Waals surface area contributed by atoms with Crippen LogP contribution in [-0.4, -0.2) is 15.7 Å². The van der Waals surface area contributed by atoms with Crippen LogP contribution < -0.4 is 5.32 Å². The summed E-state index contributed by atoms with van der Waals surface area (Å²) in [5, 5.41) is 6.71. The molecule has 0 aliphatic rings. The van der Waals surface area contributed by atoms with E-state index >= 15 is 0 Å². The molecule has 8 heteroatoms. The van der Waals surface area contributed by atoms with Crippen molar-refractivity contribution in [1.82, 2.24) is 9.78 Å². The molecule has 0 saturated heterocycles. The Balaban J connectivity index is 1.94. The van der Waals surface area contributed by atoms with E-state index in [0.717, 1.165) is 21.0 Å². The molecule has 24 heavy (non-hydrogen) atoms. The van der Waals surface area contributed by atoms with Gasteiger partial charge in [0.05, 0.1) is 20.5 Å². The Kier molecular flexibility index (Phi) is 5.89. The molecular weight excluding hydrogens is 434 g/mol. The Morgan fingerprint density at radius 3 is 2.54 bits per heavy atom. The third-order valence-corrected chi connectivity index (χ3v) is 5.13. The number of halogens is 4. The Morgan fingerprint density at radius 2 is 1.96 bits per heavy atom. The van der Waals surface area contributed by atoms with E-state index in [2.05, 4.69) is 33.0 Å². The maximum atomic E-state index is 12.9. The second-order valence-corrected chi connectivity index (χ2v) is 6.48. The van der Waals surface area contributed by atoms with E-state index < -0.39 is 17.6 Å². The Morgan fingerprint density at radius 1 is 1.29 bits per heavy atom. The van der Waals surface area contributed by atoms with Gasteiger partial charge in [-0.25, -0.2) is 0 Å². The lowest BCUT2D eigenvalue weighted by molar-refractivity contribution is -0.137. The summed E-state index contributed by atoms with van der Waals surface area (Å²) in [6.07, 6.45) is -3.87. The number of aromatic nitrogens is 2. The lowest BCUT2D eigenvalue weighted by Gasteiger charge is -2.13. The fourth-order valence-corrected chi connectivity index (χ4v) is 2.72. The normalized spacial score (nSPS) is 11.6. The Hall–Kier alpha value is -1.58. The molecule has 2 rings (SSSR count). The van der Waals surface area contributed by atoms with E-state index in [9.17, 15) is 18.0 Å². The molecule has 1 amide bonds. The minimum Gasteiger partial charge on any atom is -0.326 e. The van der Waals surface area contributed by atoms with E-state index in [4.69, 9.17) is 0 Å². The van der Waals surface area contributed by atoms with Crippen molar-refractivity contribution < 1.29 is 18.0 Å². The van der Waals surface area contributed by atoms with Crippen molar-refractivity contribution in [3.63, 3.8) is 0 Å². The molecule has 0 radical (unpaired) electrons. The van der Waals surface area contributed by atoms with Crippen LogP contribution in [-0.2, 0) is 17.5 Å². The molecule has 0 atom stereocenters. The van der Waals surface area contributed by atoms with Gasteiger partial charge in [-0.15, -0.1) is 0 Å². The van der Waals surface area contributed by atoms with Gasteiger partial charge >= 0.3 is 6.18 Å². The molecule has 130 valence electrons. The third kappa shape index (κ3) is 4.49. The molecule has 1 heterocycles. The van der Waals surface area contributed by atoms with Gasteiger partial charge in [0.25, 0.3) is 0 Å². The van der Waals surface area contributed by atoms with Crippen molar-refractivity contribution in [2.75, 3.05) is 5.32 Å². The smallest absolute Gasteiger partial charge is 0.326 e. The molecular formula is C16H17F3IN3O. The summed E-state index contributed by atoms with van der Waals surface area (Å²) in [5.74, 6) is -0.442. The number of carbonyl (C=O) groups excluding carboxylic acids is 1. The second-order valence-electron chi connectivity index (χ2n) is 5.40. The number of amides is 1. The highest BCUT2D eigenvalue weighted by Gasteiger charge is 2.33. The standard InChI is InChI=1S/C16H17F3IN3O/c1-10-15(20)11(2)23(22-10)9-5-8-14(24)21-13-7-4-3-6-12(13)16(17,18)19/h3-4,6-7H,5,8-9H2,1-2H3,(H,21,24). The van der Waals surface area contributed by atoms with E-state index in [0.29, 0.717) is 13.0 Å². The first-order chi connectivity index (χ1) is 11.2. The van der Waals surface area contributed by atoms with Gasteiger partial charge in [0, 0.05) is 18.7 Å². The molecule has 0 bridgehead atoms. The maximum Gasteiger partial charge on any atom is 0.418 e. The highest BCUT2D eigenvalue weighted by atomic mass is 127. The van der Waals surface area contributed by atoms with Gasteiger partial charge < -0.3 is 5.32 Å². The summed E-state index contributed by atoms with van der Waals surface area (Å²) in [7, 11) is 0. The molecule has 0 fully saturated rings. The number of anilines is 1. The van der Waals surface area contributed by atoms with E-state index in [1.807, 2.05) is 18.5 Å². The fourth-order valence-electron chi connectivity index (χ4n) is 2.33. The van der Waals surface area contributed by atoms with Gasteiger partial charge in [0.1, 0.15) is 0 Å². The second kappa shape index (κ2) is 7.54. The highest BCUT2D eigenvalue weighted by molar-refractivity contribution is 14.1. The van der Waals surface area contributed by atoms with Crippen LogP contribution in [0.4, 0.5) is 18.9 Å². The Bertz CT molecular complexity index is 741. The van der Waals surface area contributed by atoms with Crippen molar-refractivity contribution in [3.8, 4) is 0 Å². The number of aryl methyl sites for hydroxylation is 2. The SMILES string of the molecule is Cc1nn(CCCC(=O)Nc2ccccc2C(F)(F)F)c(C)c1I. The predicted molar refractivity (Wildman–Crippen MR) is 93.7 cm³/mol. The molecule has 0 aliphatic heterocycles. The molecule has 4 nitrogen and oxygen atoms in total. The van der Waals surface area contributed by atoms with Crippen molar-refractivity contribution >= 4 is 34.2 Å². The third-order valence-electron chi connectivity index (χ3n) is 3.57. The van der Waals surface area contributed by atoms with Crippen LogP contribution in [0.3, 0.4) is 0 Å². The monoisotopic (exact) mass is 451 g/mol. The first-order valence-corrected chi connectivity index (χ1v) is 8.43. The van der Waals surface area contributed by atoms with Crippen molar-refractivity contribution in [2.24, 2.45) is 0 Å². The number of carbonyl (C=O) groups is 1. The predicted octanol–water partition coefficient (Wildman–Crippen LogP) is 4.54. The summed E-state index contributed by atoms with van der Waals surface area (Å²) >= 11 is 2.21. The molecule has 1 aromatic carbocycles. The van der Waals surface area contributed by atoms with Gasteiger partial charge in [-0.2, -0.15) is 18.3 Å². The highest BCUT2D eigenvalue weighted by Crippen LogP contribution is 2.34. The number of nitrogens with one attached hydrogen (secondary N) is 1. The maximum absolute atomic E-state index is 12.9. The zero-order valence-electron chi connectivity index (χ0n) is 13.2. The van der Waals surface area contributed by atoms with Crippen LogP contribution >= 0.6 is 22.6 Å². The number of hydrogen-bond donors (Lipinski definition) is 1. The van der Waals surface area contributed by atoms with Crippen molar-refractivity contribution in [1.29, 1.82) is 0 Å². The number of rotatable bonds is 5. The minimum atomic E-state index is -4.50. The summed E-state index contributed by atoms with van der Waals surface area (Å²) < 4.78 is 41.6.